The Hall–Kier alpha value is -1.00. The fourth-order valence-electron chi connectivity index (χ4n) is 2.15. The van der Waals surface area contributed by atoms with Crippen molar-refractivity contribution >= 4 is 0 Å². The predicted octanol–water partition coefficient (Wildman–Crippen LogP) is 3.29. The van der Waals surface area contributed by atoms with Gasteiger partial charge in [0, 0.05) is 12.2 Å². The van der Waals surface area contributed by atoms with Gasteiger partial charge >= 0.3 is 0 Å². The Morgan fingerprint density at radius 2 is 1.78 bits per heavy atom. The van der Waals surface area contributed by atoms with Crippen LogP contribution in [-0.2, 0) is 4.74 Å². The summed E-state index contributed by atoms with van der Waals surface area (Å²) in [6.45, 7) is 6.34. The maximum Gasteiger partial charge on any atom is 0.131 e. The molecule has 0 radical (unpaired) electrons. The first-order chi connectivity index (χ1) is 8.52. The lowest BCUT2D eigenvalue weighted by atomic mass is 9.93. The summed E-state index contributed by atoms with van der Waals surface area (Å²) in [6, 6.07) is 3.41. The van der Waals surface area contributed by atoms with Crippen molar-refractivity contribution in [3.05, 3.63) is 35.4 Å². The topological polar surface area (TPSA) is 21.3 Å². The molecule has 1 aromatic carbocycles. The predicted molar refractivity (Wildman–Crippen MR) is 68.4 cm³/mol. The van der Waals surface area contributed by atoms with Gasteiger partial charge in [-0.3, -0.25) is 0 Å². The van der Waals surface area contributed by atoms with Gasteiger partial charge in [-0.05, 0) is 32.0 Å². The average Bonchev–Trinajstić information content (AvgIpc) is 2.31. The van der Waals surface area contributed by atoms with Crippen LogP contribution in [0.15, 0.2) is 18.2 Å². The molecule has 4 heteroatoms. The number of benzene rings is 1. The first kappa shape index (κ1) is 15.1. The Bertz CT molecular complexity index is 362. The Morgan fingerprint density at radius 3 is 2.17 bits per heavy atom. The summed E-state index contributed by atoms with van der Waals surface area (Å²) >= 11 is 0. The van der Waals surface area contributed by atoms with Gasteiger partial charge in [-0.1, -0.05) is 19.9 Å². The number of hydrogen-bond acceptors (Lipinski definition) is 2. The standard InChI is InChI=1S/C14H21F2NO/c1-5-18-14(9(2)3)13(17-4)12-10(15)7-6-8-11(12)16/h6-9,13-14,17H,5H2,1-4H3. The number of likely N-dealkylation sites (N-methyl/N-ethyl adjacent to an activating group) is 1. The summed E-state index contributed by atoms with van der Waals surface area (Å²) in [5.41, 5.74) is 0.0483. The molecule has 0 aliphatic carbocycles. The third-order valence-corrected chi connectivity index (χ3v) is 2.97. The first-order valence-corrected chi connectivity index (χ1v) is 6.25. The second-order valence-corrected chi connectivity index (χ2v) is 4.57. The third-order valence-electron chi connectivity index (χ3n) is 2.97. The zero-order valence-electron chi connectivity index (χ0n) is 11.3. The van der Waals surface area contributed by atoms with Gasteiger partial charge in [0.05, 0.1) is 12.1 Å². The van der Waals surface area contributed by atoms with Gasteiger partial charge in [0.25, 0.3) is 0 Å². The van der Waals surface area contributed by atoms with Gasteiger partial charge in [-0.25, -0.2) is 8.78 Å². The van der Waals surface area contributed by atoms with Crippen molar-refractivity contribution in [3.63, 3.8) is 0 Å². The Labute approximate surface area is 107 Å². The average molecular weight is 257 g/mol. The Morgan fingerprint density at radius 1 is 1.22 bits per heavy atom. The van der Waals surface area contributed by atoms with Gasteiger partial charge in [0.2, 0.25) is 0 Å². The summed E-state index contributed by atoms with van der Waals surface area (Å²) < 4.78 is 33.3. The molecule has 2 unspecified atom stereocenters. The Balaban J connectivity index is 3.14. The summed E-state index contributed by atoms with van der Waals surface area (Å²) in [5.74, 6) is -0.930. The van der Waals surface area contributed by atoms with Crippen LogP contribution < -0.4 is 5.32 Å². The minimum absolute atomic E-state index is 0.0483. The summed E-state index contributed by atoms with van der Waals surface area (Å²) in [6.07, 6.45) is -0.272. The summed E-state index contributed by atoms with van der Waals surface area (Å²) in [4.78, 5) is 0. The third kappa shape index (κ3) is 3.27. The van der Waals surface area contributed by atoms with Crippen molar-refractivity contribution in [2.24, 2.45) is 5.92 Å². The van der Waals surface area contributed by atoms with Crippen LogP contribution in [0.5, 0.6) is 0 Å². The van der Waals surface area contributed by atoms with Crippen molar-refractivity contribution in [1.82, 2.24) is 5.32 Å². The van der Waals surface area contributed by atoms with Crippen molar-refractivity contribution in [1.29, 1.82) is 0 Å². The van der Waals surface area contributed by atoms with E-state index < -0.39 is 17.7 Å². The first-order valence-electron chi connectivity index (χ1n) is 6.25. The van der Waals surface area contributed by atoms with E-state index in [1.807, 2.05) is 20.8 Å². The number of rotatable bonds is 6. The fourth-order valence-corrected chi connectivity index (χ4v) is 2.15. The number of nitrogens with one attached hydrogen (secondary N) is 1. The molecule has 1 rings (SSSR count). The van der Waals surface area contributed by atoms with E-state index in [1.165, 1.54) is 18.2 Å². The molecule has 0 fully saturated rings. The molecule has 0 spiro atoms. The maximum absolute atomic E-state index is 13.8. The van der Waals surface area contributed by atoms with Crippen LogP contribution in [0.1, 0.15) is 32.4 Å². The van der Waals surface area contributed by atoms with E-state index in [-0.39, 0.29) is 17.6 Å². The zero-order chi connectivity index (χ0) is 13.7. The summed E-state index contributed by atoms with van der Waals surface area (Å²) in [7, 11) is 1.69. The molecule has 1 aromatic rings. The molecule has 0 aromatic heterocycles. The van der Waals surface area contributed by atoms with Gasteiger partial charge in [0.1, 0.15) is 11.6 Å². The van der Waals surface area contributed by atoms with E-state index in [2.05, 4.69) is 5.32 Å². The largest absolute Gasteiger partial charge is 0.376 e. The second kappa shape index (κ2) is 6.81. The van der Waals surface area contributed by atoms with Crippen LogP contribution in [0.25, 0.3) is 0 Å². The SMILES string of the molecule is CCOC(C(C)C)C(NC)c1c(F)cccc1F. The molecule has 18 heavy (non-hydrogen) atoms. The minimum Gasteiger partial charge on any atom is -0.376 e. The minimum atomic E-state index is -0.542. The maximum atomic E-state index is 13.8. The van der Waals surface area contributed by atoms with Crippen molar-refractivity contribution in [3.8, 4) is 0 Å². The van der Waals surface area contributed by atoms with Crippen molar-refractivity contribution in [2.75, 3.05) is 13.7 Å². The van der Waals surface area contributed by atoms with Crippen LogP contribution in [0.2, 0.25) is 0 Å². The Kier molecular flexibility index (Phi) is 5.69. The van der Waals surface area contributed by atoms with E-state index in [0.717, 1.165) is 0 Å². The highest BCUT2D eigenvalue weighted by Gasteiger charge is 2.29. The molecule has 0 aliphatic rings. The highest BCUT2D eigenvalue weighted by Crippen LogP contribution is 2.28. The lowest BCUT2D eigenvalue weighted by Gasteiger charge is -2.30. The molecular weight excluding hydrogens is 236 g/mol. The quantitative estimate of drug-likeness (QED) is 0.844. The molecular formula is C14H21F2NO. The number of ether oxygens (including phenoxy) is 1. The molecule has 0 aliphatic heterocycles. The van der Waals surface area contributed by atoms with Crippen LogP contribution in [0.3, 0.4) is 0 Å². The van der Waals surface area contributed by atoms with Gasteiger partial charge < -0.3 is 10.1 Å². The summed E-state index contributed by atoms with van der Waals surface area (Å²) in [5, 5.41) is 2.96. The molecule has 0 saturated carbocycles. The normalized spacial score (nSPS) is 14.8. The van der Waals surface area contributed by atoms with E-state index in [4.69, 9.17) is 4.74 Å². The highest BCUT2D eigenvalue weighted by molar-refractivity contribution is 5.24. The van der Waals surface area contributed by atoms with Crippen LogP contribution in [0.4, 0.5) is 8.78 Å². The van der Waals surface area contributed by atoms with Crippen LogP contribution in [-0.4, -0.2) is 19.8 Å². The molecule has 0 amide bonds. The number of hydrogen-bond donors (Lipinski definition) is 1. The monoisotopic (exact) mass is 257 g/mol. The molecule has 0 saturated heterocycles. The second-order valence-electron chi connectivity index (χ2n) is 4.57. The molecule has 0 bridgehead atoms. The lowest BCUT2D eigenvalue weighted by molar-refractivity contribution is 0.00295. The molecule has 0 heterocycles. The number of halogens is 2. The van der Waals surface area contributed by atoms with Crippen molar-refractivity contribution < 1.29 is 13.5 Å². The molecule has 1 N–H and O–H groups in total. The van der Waals surface area contributed by atoms with Crippen molar-refractivity contribution in [2.45, 2.75) is 32.9 Å². The molecule has 2 nitrogen and oxygen atoms in total. The van der Waals surface area contributed by atoms with Gasteiger partial charge in [-0.15, -0.1) is 0 Å². The van der Waals surface area contributed by atoms with E-state index in [0.29, 0.717) is 6.61 Å². The van der Waals surface area contributed by atoms with Gasteiger partial charge in [-0.2, -0.15) is 0 Å². The fraction of sp³-hybridized carbons (Fsp3) is 0.571. The smallest absolute Gasteiger partial charge is 0.131 e. The van der Waals surface area contributed by atoms with E-state index >= 15 is 0 Å². The van der Waals surface area contributed by atoms with E-state index in [9.17, 15) is 8.78 Å². The van der Waals surface area contributed by atoms with Gasteiger partial charge in [0.15, 0.2) is 0 Å². The van der Waals surface area contributed by atoms with E-state index in [1.54, 1.807) is 7.05 Å². The van der Waals surface area contributed by atoms with Crippen LogP contribution >= 0.6 is 0 Å². The highest BCUT2D eigenvalue weighted by atomic mass is 19.1. The molecule has 102 valence electrons. The lowest BCUT2D eigenvalue weighted by Crippen LogP contribution is -2.36. The van der Waals surface area contributed by atoms with Crippen LogP contribution in [0, 0.1) is 17.6 Å². The molecule has 2 atom stereocenters. The zero-order valence-corrected chi connectivity index (χ0v) is 11.3.